The molecule has 0 fully saturated rings. The number of benzene rings is 1. The van der Waals surface area contributed by atoms with Crippen molar-refractivity contribution in [2.75, 3.05) is 13.7 Å². The van der Waals surface area contributed by atoms with Crippen molar-refractivity contribution in [1.82, 2.24) is 0 Å². The number of rotatable bonds is 3. The average Bonchev–Trinajstić information content (AvgIpc) is 2.20. The van der Waals surface area contributed by atoms with Gasteiger partial charge in [-0.2, -0.15) is 0 Å². The number of aromatic hydroxyl groups is 1. The van der Waals surface area contributed by atoms with Gasteiger partial charge in [0.2, 0.25) is 0 Å². The lowest BCUT2D eigenvalue weighted by atomic mass is 10.1. The summed E-state index contributed by atoms with van der Waals surface area (Å²) >= 11 is 5.78. The first kappa shape index (κ1) is 10.9. The summed E-state index contributed by atoms with van der Waals surface area (Å²) in [6.45, 7) is 0.411. The van der Waals surface area contributed by atoms with Crippen LogP contribution in [0.25, 0.3) is 6.08 Å². The maximum Gasteiger partial charge on any atom is 0.141 e. The Kier molecular flexibility index (Phi) is 3.80. The lowest BCUT2D eigenvalue weighted by Gasteiger charge is -2.05. The van der Waals surface area contributed by atoms with Crippen LogP contribution in [0.3, 0.4) is 0 Å². The first-order valence-electron chi connectivity index (χ1n) is 4.12. The van der Waals surface area contributed by atoms with E-state index < -0.39 is 0 Å². The lowest BCUT2D eigenvalue weighted by molar-refractivity contribution is 0.412. The number of methoxy groups -OCH3 is 1. The highest BCUT2D eigenvalue weighted by atomic mass is 35.5. The molecule has 0 saturated heterocycles. The molecule has 0 radical (unpaired) electrons. The van der Waals surface area contributed by atoms with Crippen molar-refractivity contribution in [3.05, 3.63) is 28.8 Å². The Bertz CT molecular complexity index is 350. The van der Waals surface area contributed by atoms with E-state index in [1.165, 1.54) is 0 Å². The molecule has 0 spiro atoms. The molecular formula is C10H12ClNO2. The Morgan fingerprint density at radius 3 is 2.86 bits per heavy atom. The Hall–Kier alpha value is -1.19. The van der Waals surface area contributed by atoms with Crippen molar-refractivity contribution in [1.29, 1.82) is 0 Å². The number of phenolic OH excluding ortho intramolecular Hbond substituents is 1. The Labute approximate surface area is 87.8 Å². The van der Waals surface area contributed by atoms with Crippen LogP contribution in [-0.2, 0) is 0 Å². The molecule has 4 heteroatoms. The molecule has 0 aliphatic rings. The Morgan fingerprint density at radius 2 is 2.29 bits per heavy atom. The molecule has 1 rings (SSSR count). The summed E-state index contributed by atoms with van der Waals surface area (Å²) in [5.74, 6) is 0.640. The second kappa shape index (κ2) is 4.88. The largest absolute Gasteiger partial charge is 0.506 e. The van der Waals surface area contributed by atoms with Crippen LogP contribution >= 0.6 is 11.6 Å². The van der Waals surface area contributed by atoms with E-state index in [-0.39, 0.29) is 10.8 Å². The van der Waals surface area contributed by atoms with Gasteiger partial charge in [0.05, 0.1) is 12.1 Å². The average molecular weight is 214 g/mol. The van der Waals surface area contributed by atoms with Crippen LogP contribution in [0, 0.1) is 0 Å². The minimum atomic E-state index is 0.0390. The Balaban J connectivity index is 3.13. The number of halogens is 1. The van der Waals surface area contributed by atoms with Gasteiger partial charge in [0.15, 0.2) is 0 Å². The second-order valence-electron chi connectivity index (χ2n) is 2.69. The monoisotopic (exact) mass is 213 g/mol. The molecule has 1 aromatic carbocycles. The minimum absolute atomic E-state index is 0.0390. The van der Waals surface area contributed by atoms with Crippen LogP contribution in [0.15, 0.2) is 18.2 Å². The predicted octanol–water partition coefficient (Wildman–Crippen LogP) is 2.03. The number of hydrogen-bond acceptors (Lipinski definition) is 3. The van der Waals surface area contributed by atoms with E-state index in [2.05, 4.69) is 0 Å². The first-order chi connectivity index (χ1) is 6.69. The molecule has 3 N–H and O–H groups in total. The van der Waals surface area contributed by atoms with Crippen molar-refractivity contribution < 1.29 is 9.84 Å². The van der Waals surface area contributed by atoms with Crippen molar-refractivity contribution >= 4 is 17.7 Å². The fourth-order valence-electron chi connectivity index (χ4n) is 1.03. The maximum atomic E-state index is 9.56. The molecule has 0 saturated carbocycles. The van der Waals surface area contributed by atoms with E-state index in [9.17, 15) is 5.11 Å². The maximum absolute atomic E-state index is 9.56. The Morgan fingerprint density at radius 1 is 1.57 bits per heavy atom. The number of phenols is 1. The molecule has 0 heterocycles. The highest BCUT2D eigenvalue weighted by Gasteiger charge is 2.05. The summed E-state index contributed by atoms with van der Waals surface area (Å²) in [5.41, 5.74) is 5.90. The van der Waals surface area contributed by atoms with Gasteiger partial charge in [-0.15, -0.1) is 0 Å². The van der Waals surface area contributed by atoms with Gasteiger partial charge in [0, 0.05) is 18.2 Å². The number of ether oxygens (including phenoxy) is 1. The zero-order valence-electron chi connectivity index (χ0n) is 7.83. The molecular weight excluding hydrogens is 202 g/mol. The van der Waals surface area contributed by atoms with Gasteiger partial charge in [0.1, 0.15) is 11.5 Å². The van der Waals surface area contributed by atoms with Crippen LogP contribution in [0.5, 0.6) is 11.5 Å². The van der Waals surface area contributed by atoms with E-state index >= 15 is 0 Å². The molecule has 0 atom stereocenters. The van der Waals surface area contributed by atoms with Gasteiger partial charge in [-0.05, 0) is 6.07 Å². The van der Waals surface area contributed by atoms with Crippen LogP contribution in [0.1, 0.15) is 5.56 Å². The highest BCUT2D eigenvalue weighted by molar-refractivity contribution is 6.32. The minimum Gasteiger partial charge on any atom is -0.506 e. The number of nitrogens with two attached hydrogens (primary N) is 1. The quantitative estimate of drug-likeness (QED) is 0.808. The van der Waals surface area contributed by atoms with Crippen molar-refractivity contribution in [2.45, 2.75) is 0 Å². The molecule has 76 valence electrons. The van der Waals surface area contributed by atoms with Gasteiger partial charge < -0.3 is 15.6 Å². The number of hydrogen-bond donors (Lipinski definition) is 2. The van der Waals surface area contributed by atoms with Crippen molar-refractivity contribution in [3.8, 4) is 11.5 Å². The van der Waals surface area contributed by atoms with E-state index in [0.29, 0.717) is 17.9 Å². The summed E-state index contributed by atoms with van der Waals surface area (Å²) < 4.78 is 5.01. The molecule has 0 bridgehead atoms. The lowest BCUT2D eigenvalue weighted by Crippen LogP contribution is -1.92. The third-order valence-corrected chi connectivity index (χ3v) is 2.02. The predicted molar refractivity (Wildman–Crippen MR) is 57.8 cm³/mol. The fraction of sp³-hybridized carbons (Fsp3) is 0.200. The van der Waals surface area contributed by atoms with Crippen LogP contribution in [0.4, 0.5) is 0 Å². The van der Waals surface area contributed by atoms with Gasteiger partial charge in [0.25, 0.3) is 0 Å². The molecule has 0 unspecified atom stereocenters. The molecule has 0 aliphatic carbocycles. The normalized spacial score (nSPS) is 10.8. The summed E-state index contributed by atoms with van der Waals surface area (Å²) in [4.78, 5) is 0. The molecule has 0 aromatic heterocycles. The standard InChI is InChI=1S/C10H12ClNO2/c1-14-8-5-7(3-2-4-12)10(13)9(11)6-8/h2-3,5-6,13H,4,12H2,1H3/b3-2+. The van der Waals surface area contributed by atoms with E-state index in [1.807, 2.05) is 0 Å². The van der Waals surface area contributed by atoms with E-state index in [0.717, 1.165) is 0 Å². The first-order valence-corrected chi connectivity index (χ1v) is 4.50. The van der Waals surface area contributed by atoms with Crippen LogP contribution < -0.4 is 10.5 Å². The van der Waals surface area contributed by atoms with Gasteiger partial charge in [-0.1, -0.05) is 23.8 Å². The summed E-state index contributed by atoms with van der Waals surface area (Å²) in [5, 5.41) is 9.83. The summed E-state index contributed by atoms with van der Waals surface area (Å²) in [7, 11) is 1.54. The molecule has 0 amide bonds. The fourth-order valence-corrected chi connectivity index (χ4v) is 1.25. The third kappa shape index (κ3) is 2.40. The van der Waals surface area contributed by atoms with E-state index in [4.69, 9.17) is 22.1 Å². The molecule has 1 aromatic rings. The summed E-state index contributed by atoms with van der Waals surface area (Å²) in [6, 6.07) is 3.24. The zero-order chi connectivity index (χ0) is 10.6. The van der Waals surface area contributed by atoms with Gasteiger partial charge in [-0.3, -0.25) is 0 Å². The smallest absolute Gasteiger partial charge is 0.141 e. The third-order valence-electron chi connectivity index (χ3n) is 1.74. The van der Waals surface area contributed by atoms with Crippen molar-refractivity contribution in [2.24, 2.45) is 5.73 Å². The SMILES string of the molecule is COc1cc(Cl)c(O)c(/C=C/CN)c1. The highest BCUT2D eigenvalue weighted by Crippen LogP contribution is 2.32. The zero-order valence-corrected chi connectivity index (χ0v) is 8.58. The second-order valence-corrected chi connectivity index (χ2v) is 3.09. The topological polar surface area (TPSA) is 55.5 Å². The van der Waals surface area contributed by atoms with Gasteiger partial charge in [-0.25, -0.2) is 0 Å². The van der Waals surface area contributed by atoms with Crippen LogP contribution in [-0.4, -0.2) is 18.8 Å². The molecule has 3 nitrogen and oxygen atoms in total. The van der Waals surface area contributed by atoms with Crippen molar-refractivity contribution in [3.63, 3.8) is 0 Å². The summed E-state index contributed by atoms with van der Waals surface area (Å²) in [6.07, 6.45) is 3.43. The van der Waals surface area contributed by atoms with Crippen LogP contribution in [0.2, 0.25) is 5.02 Å². The van der Waals surface area contributed by atoms with E-state index in [1.54, 1.807) is 31.4 Å². The molecule has 14 heavy (non-hydrogen) atoms. The molecule has 0 aliphatic heterocycles. The van der Waals surface area contributed by atoms with Gasteiger partial charge >= 0.3 is 0 Å².